The molecule has 0 spiro atoms. The zero-order chi connectivity index (χ0) is 13.4. The molecule has 0 radical (unpaired) electrons. The third-order valence-electron chi connectivity index (χ3n) is 2.73. The molecule has 0 bridgehead atoms. The highest BCUT2D eigenvalue weighted by Crippen LogP contribution is 2.22. The number of carbonyl (C=O) groups excluding carboxylic acids is 1. The molecular weight excluding hydrogens is 226 g/mol. The first-order valence-corrected chi connectivity index (χ1v) is 6.79. The molecule has 102 valence electrons. The fourth-order valence-electron chi connectivity index (χ4n) is 1.90. The van der Waals surface area contributed by atoms with Gasteiger partial charge < -0.3 is 10.1 Å². The molecule has 0 heterocycles. The van der Waals surface area contributed by atoms with Crippen molar-refractivity contribution in [1.82, 2.24) is 5.32 Å². The van der Waals surface area contributed by atoms with Crippen LogP contribution in [0.1, 0.15) is 52.9 Å². The van der Waals surface area contributed by atoms with Gasteiger partial charge in [-0.3, -0.25) is 0 Å². The van der Waals surface area contributed by atoms with Gasteiger partial charge in [0.1, 0.15) is 5.60 Å². The lowest BCUT2D eigenvalue weighted by Gasteiger charge is -2.19. The molecule has 1 aliphatic rings. The molecule has 0 aliphatic heterocycles. The first kappa shape index (κ1) is 14.8. The number of hydrogen-bond acceptors (Lipinski definition) is 2. The van der Waals surface area contributed by atoms with E-state index in [2.05, 4.69) is 11.4 Å². The van der Waals surface area contributed by atoms with Crippen LogP contribution in [-0.4, -0.2) is 18.2 Å². The summed E-state index contributed by atoms with van der Waals surface area (Å²) >= 11 is 0. The molecule has 0 unspecified atom stereocenters. The van der Waals surface area contributed by atoms with Crippen molar-refractivity contribution in [3.63, 3.8) is 0 Å². The number of rotatable bonds is 3. The Bertz CT molecular complexity index is 316. The van der Waals surface area contributed by atoms with E-state index in [0.717, 1.165) is 0 Å². The van der Waals surface area contributed by atoms with Gasteiger partial charge in [0.15, 0.2) is 0 Å². The van der Waals surface area contributed by atoms with E-state index in [4.69, 9.17) is 4.74 Å². The van der Waals surface area contributed by atoms with Crippen LogP contribution in [0.2, 0.25) is 0 Å². The molecule has 0 atom stereocenters. The lowest BCUT2D eigenvalue weighted by atomic mass is 9.95. The SMILES string of the molecule is CC(C)(C)OC(=O)NC/C=C/C=C1CCCCC1. The molecule has 3 heteroatoms. The standard InChI is InChI=1S/C15H25NO2/c1-15(2,3)18-14(17)16-12-8-7-11-13-9-5-4-6-10-13/h7-8,11H,4-6,9-10,12H2,1-3H3,(H,16,17)/b8-7+. The summed E-state index contributed by atoms with van der Waals surface area (Å²) in [5, 5.41) is 2.70. The molecule has 1 amide bonds. The maximum Gasteiger partial charge on any atom is 0.407 e. The summed E-state index contributed by atoms with van der Waals surface area (Å²) in [7, 11) is 0. The van der Waals surface area contributed by atoms with Crippen molar-refractivity contribution in [3.8, 4) is 0 Å². The van der Waals surface area contributed by atoms with Gasteiger partial charge in [0.05, 0.1) is 0 Å². The van der Waals surface area contributed by atoms with Crippen LogP contribution in [0.25, 0.3) is 0 Å². The van der Waals surface area contributed by atoms with Gasteiger partial charge in [0.2, 0.25) is 0 Å². The lowest BCUT2D eigenvalue weighted by molar-refractivity contribution is 0.0534. The van der Waals surface area contributed by atoms with Gasteiger partial charge >= 0.3 is 6.09 Å². The van der Waals surface area contributed by atoms with Gasteiger partial charge in [0.25, 0.3) is 0 Å². The minimum atomic E-state index is -0.433. The van der Waals surface area contributed by atoms with Crippen molar-refractivity contribution in [2.75, 3.05) is 6.54 Å². The fraction of sp³-hybridized carbons (Fsp3) is 0.667. The largest absolute Gasteiger partial charge is 0.444 e. The second kappa shape index (κ2) is 7.24. The number of nitrogens with one attached hydrogen (secondary N) is 1. The minimum Gasteiger partial charge on any atom is -0.444 e. The van der Waals surface area contributed by atoms with E-state index < -0.39 is 5.60 Å². The van der Waals surface area contributed by atoms with E-state index in [9.17, 15) is 4.79 Å². The molecule has 0 aromatic heterocycles. The van der Waals surface area contributed by atoms with Crippen molar-refractivity contribution in [3.05, 3.63) is 23.8 Å². The Morgan fingerprint density at radius 2 is 1.94 bits per heavy atom. The highest BCUT2D eigenvalue weighted by molar-refractivity contribution is 5.67. The van der Waals surface area contributed by atoms with Crippen molar-refractivity contribution in [1.29, 1.82) is 0 Å². The van der Waals surface area contributed by atoms with Gasteiger partial charge in [-0.25, -0.2) is 4.79 Å². The van der Waals surface area contributed by atoms with Crippen LogP contribution in [0.4, 0.5) is 4.79 Å². The van der Waals surface area contributed by atoms with E-state index >= 15 is 0 Å². The summed E-state index contributed by atoms with van der Waals surface area (Å²) in [6.07, 6.45) is 12.2. The molecule has 0 aromatic rings. The van der Waals surface area contributed by atoms with Crippen LogP contribution in [-0.2, 0) is 4.74 Å². The molecule has 18 heavy (non-hydrogen) atoms. The second-order valence-corrected chi connectivity index (χ2v) is 5.70. The molecular formula is C15H25NO2. The molecule has 3 nitrogen and oxygen atoms in total. The molecule has 1 fully saturated rings. The van der Waals surface area contributed by atoms with Crippen LogP contribution in [0.3, 0.4) is 0 Å². The van der Waals surface area contributed by atoms with Crippen LogP contribution in [0.5, 0.6) is 0 Å². The van der Waals surface area contributed by atoms with Crippen LogP contribution in [0.15, 0.2) is 23.8 Å². The fourth-order valence-corrected chi connectivity index (χ4v) is 1.90. The zero-order valence-corrected chi connectivity index (χ0v) is 11.8. The summed E-state index contributed by atoms with van der Waals surface area (Å²) in [4.78, 5) is 11.3. The van der Waals surface area contributed by atoms with Crippen molar-refractivity contribution >= 4 is 6.09 Å². The summed E-state index contributed by atoms with van der Waals surface area (Å²) in [5.41, 5.74) is 1.09. The summed E-state index contributed by atoms with van der Waals surface area (Å²) in [6.45, 7) is 6.08. The second-order valence-electron chi connectivity index (χ2n) is 5.70. The maximum absolute atomic E-state index is 11.3. The topological polar surface area (TPSA) is 38.3 Å². The normalized spacial score (nSPS) is 16.7. The number of amides is 1. The van der Waals surface area contributed by atoms with Gasteiger partial charge in [-0.15, -0.1) is 0 Å². The van der Waals surface area contributed by atoms with E-state index in [0.29, 0.717) is 6.54 Å². The molecule has 1 aliphatic carbocycles. The maximum atomic E-state index is 11.3. The van der Waals surface area contributed by atoms with E-state index in [1.54, 1.807) is 0 Å². The minimum absolute atomic E-state index is 0.363. The Balaban J connectivity index is 2.18. The third kappa shape index (κ3) is 7.15. The number of allylic oxidation sites excluding steroid dienone is 3. The number of ether oxygens (including phenoxy) is 1. The molecule has 0 aromatic carbocycles. The first-order valence-electron chi connectivity index (χ1n) is 6.79. The number of carbonyl (C=O) groups is 1. The number of alkyl carbamates (subject to hydrolysis) is 1. The van der Waals surface area contributed by atoms with Gasteiger partial charge in [-0.1, -0.05) is 30.2 Å². The van der Waals surface area contributed by atoms with E-state index in [1.807, 2.05) is 32.9 Å². The Kier molecular flexibility index (Phi) is 5.96. The number of hydrogen-bond donors (Lipinski definition) is 1. The monoisotopic (exact) mass is 251 g/mol. The Morgan fingerprint density at radius 1 is 1.28 bits per heavy atom. The molecule has 1 saturated carbocycles. The van der Waals surface area contributed by atoms with Crippen LogP contribution >= 0.6 is 0 Å². The summed E-state index contributed by atoms with van der Waals surface area (Å²) in [6, 6.07) is 0. The first-order chi connectivity index (χ1) is 8.47. The zero-order valence-electron chi connectivity index (χ0n) is 11.8. The smallest absolute Gasteiger partial charge is 0.407 e. The highest BCUT2D eigenvalue weighted by Gasteiger charge is 2.14. The third-order valence-corrected chi connectivity index (χ3v) is 2.73. The quantitative estimate of drug-likeness (QED) is 0.824. The van der Waals surface area contributed by atoms with Crippen molar-refractivity contribution < 1.29 is 9.53 Å². The highest BCUT2D eigenvalue weighted by atomic mass is 16.6. The van der Waals surface area contributed by atoms with E-state index in [1.165, 1.54) is 37.7 Å². The van der Waals surface area contributed by atoms with Gasteiger partial charge in [-0.2, -0.15) is 0 Å². The summed E-state index contributed by atoms with van der Waals surface area (Å²) < 4.78 is 5.13. The van der Waals surface area contributed by atoms with Crippen molar-refractivity contribution in [2.24, 2.45) is 0 Å². The van der Waals surface area contributed by atoms with Gasteiger partial charge in [0, 0.05) is 6.54 Å². The predicted molar refractivity (Wildman–Crippen MR) is 74.5 cm³/mol. The molecule has 0 saturated heterocycles. The van der Waals surface area contributed by atoms with E-state index in [-0.39, 0.29) is 6.09 Å². The van der Waals surface area contributed by atoms with Crippen LogP contribution in [0, 0.1) is 0 Å². The lowest BCUT2D eigenvalue weighted by Crippen LogP contribution is -2.32. The summed E-state index contributed by atoms with van der Waals surface area (Å²) in [5.74, 6) is 0. The predicted octanol–water partition coefficient (Wildman–Crippen LogP) is 3.96. The van der Waals surface area contributed by atoms with Crippen LogP contribution < -0.4 is 5.32 Å². The van der Waals surface area contributed by atoms with Gasteiger partial charge in [-0.05, 0) is 46.5 Å². The molecule has 1 rings (SSSR count). The average Bonchev–Trinajstić information content (AvgIpc) is 2.27. The Morgan fingerprint density at radius 3 is 2.56 bits per heavy atom. The Labute approximate surface area is 110 Å². The Hall–Kier alpha value is -1.25. The average molecular weight is 251 g/mol. The van der Waals surface area contributed by atoms with Crippen molar-refractivity contribution in [2.45, 2.75) is 58.5 Å². The molecule has 1 N–H and O–H groups in total.